The number of rotatable bonds is 7. The van der Waals surface area contributed by atoms with Gasteiger partial charge in [-0.1, -0.05) is 19.1 Å². The zero-order valence-corrected chi connectivity index (χ0v) is 15.2. The fraction of sp³-hybridized carbons (Fsp3) is 0.611. The lowest BCUT2D eigenvalue weighted by Gasteiger charge is -2.34. The minimum atomic E-state index is 0.749. The number of hydrogen-bond acceptors (Lipinski definition) is 4. The van der Waals surface area contributed by atoms with Crippen LogP contribution in [0.25, 0.3) is 0 Å². The maximum Gasteiger partial charge on any atom is 0.191 e. The van der Waals surface area contributed by atoms with Crippen LogP contribution in [0.5, 0.6) is 5.75 Å². The summed E-state index contributed by atoms with van der Waals surface area (Å²) >= 11 is 0. The fourth-order valence-electron chi connectivity index (χ4n) is 2.81. The van der Waals surface area contributed by atoms with Crippen LogP contribution in [0.3, 0.4) is 0 Å². The van der Waals surface area contributed by atoms with Crippen LogP contribution in [0, 0.1) is 0 Å². The number of nitrogens with zero attached hydrogens (tertiary/aromatic N) is 3. The van der Waals surface area contributed by atoms with Crippen molar-refractivity contribution in [2.45, 2.75) is 13.5 Å². The number of piperazine rings is 1. The molecule has 2 N–H and O–H groups in total. The molecule has 6 nitrogen and oxygen atoms in total. The second-order valence-electron chi connectivity index (χ2n) is 5.98. The quantitative estimate of drug-likeness (QED) is 0.576. The predicted molar refractivity (Wildman–Crippen MR) is 99.7 cm³/mol. The first-order valence-electron chi connectivity index (χ1n) is 8.77. The normalized spacial score (nSPS) is 16.9. The molecule has 1 aliphatic rings. The van der Waals surface area contributed by atoms with Gasteiger partial charge in [0.05, 0.1) is 7.11 Å². The van der Waals surface area contributed by atoms with E-state index in [0.29, 0.717) is 0 Å². The van der Waals surface area contributed by atoms with Crippen molar-refractivity contribution in [3.63, 3.8) is 0 Å². The summed E-state index contributed by atoms with van der Waals surface area (Å²) in [4.78, 5) is 9.30. The Kier molecular flexibility index (Phi) is 7.85. The van der Waals surface area contributed by atoms with E-state index < -0.39 is 0 Å². The molecule has 0 aromatic heterocycles. The minimum Gasteiger partial charge on any atom is -0.497 e. The number of guanidine groups is 1. The van der Waals surface area contributed by atoms with E-state index in [1.165, 1.54) is 18.7 Å². The van der Waals surface area contributed by atoms with Crippen molar-refractivity contribution in [2.75, 3.05) is 60.0 Å². The molecule has 0 atom stereocenters. The molecule has 1 aromatic carbocycles. The van der Waals surface area contributed by atoms with Gasteiger partial charge in [-0.05, 0) is 24.2 Å². The van der Waals surface area contributed by atoms with Crippen LogP contribution in [-0.4, -0.2) is 75.7 Å². The number of nitrogens with one attached hydrogen (secondary N) is 2. The molecule has 0 radical (unpaired) electrons. The Morgan fingerprint density at radius 1 is 1.08 bits per heavy atom. The van der Waals surface area contributed by atoms with E-state index in [4.69, 9.17) is 4.74 Å². The van der Waals surface area contributed by atoms with Crippen molar-refractivity contribution in [3.8, 4) is 5.75 Å². The zero-order chi connectivity index (χ0) is 17.2. The Morgan fingerprint density at radius 2 is 1.75 bits per heavy atom. The highest BCUT2D eigenvalue weighted by Gasteiger charge is 2.14. The largest absolute Gasteiger partial charge is 0.497 e. The van der Waals surface area contributed by atoms with Gasteiger partial charge in [0.2, 0.25) is 0 Å². The van der Waals surface area contributed by atoms with Gasteiger partial charge < -0.3 is 20.3 Å². The molecule has 1 aliphatic heterocycles. The van der Waals surface area contributed by atoms with E-state index in [1.807, 2.05) is 19.2 Å². The van der Waals surface area contributed by atoms with Crippen molar-refractivity contribution < 1.29 is 4.74 Å². The summed E-state index contributed by atoms with van der Waals surface area (Å²) in [5.74, 6) is 1.72. The van der Waals surface area contributed by atoms with Crippen LogP contribution >= 0.6 is 0 Å². The summed E-state index contributed by atoms with van der Waals surface area (Å²) in [5, 5.41) is 6.74. The second kappa shape index (κ2) is 10.2. The fourth-order valence-corrected chi connectivity index (χ4v) is 2.81. The van der Waals surface area contributed by atoms with Gasteiger partial charge in [-0.2, -0.15) is 0 Å². The number of aliphatic imine (C=N–C) groups is 1. The molecule has 0 saturated carbocycles. The van der Waals surface area contributed by atoms with Crippen LogP contribution in [0.4, 0.5) is 0 Å². The minimum absolute atomic E-state index is 0.749. The van der Waals surface area contributed by atoms with Gasteiger partial charge >= 0.3 is 0 Å². The Labute approximate surface area is 145 Å². The lowest BCUT2D eigenvalue weighted by molar-refractivity contribution is 0.139. The smallest absolute Gasteiger partial charge is 0.191 e. The van der Waals surface area contributed by atoms with Gasteiger partial charge in [-0.15, -0.1) is 0 Å². The summed E-state index contributed by atoms with van der Waals surface area (Å²) in [6.45, 7) is 10.8. The SMILES string of the molecule is CCN1CCN(CCNC(=NC)NCc2ccc(OC)cc2)CC1. The molecule has 1 saturated heterocycles. The Bertz CT molecular complexity index is 495. The molecule has 0 aliphatic carbocycles. The van der Waals surface area contributed by atoms with Crippen LogP contribution in [0.15, 0.2) is 29.3 Å². The average molecular weight is 333 g/mol. The number of likely N-dealkylation sites (N-methyl/N-ethyl adjacent to an activating group) is 1. The first-order chi connectivity index (χ1) is 11.7. The Balaban J connectivity index is 1.65. The van der Waals surface area contributed by atoms with Crippen LogP contribution in [0.1, 0.15) is 12.5 Å². The van der Waals surface area contributed by atoms with E-state index in [9.17, 15) is 0 Å². The molecule has 0 unspecified atom stereocenters. The van der Waals surface area contributed by atoms with Gasteiger partial charge in [0.25, 0.3) is 0 Å². The Morgan fingerprint density at radius 3 is 2.33 bits per heavy atom. The molecule has 1 aromatic rings. The van der Waals surface area contributed by atoms with Crippen molar-refractivity contribution >= 4 is 5.96 Å². The molecule has 6 heteroatoms. The van der Waals surface area contributed by atoms with E-state index in [-0.39, 0.29) is 0 Å². The van der Waals surface area contributed by atoms with Crippen LogP contribution in [-0.2, 0) is 6.54 Å². The Hall–Kier alpha value is -1.79. The van der Waals surface area contributed by atoms with Crippen LogP contribution in [0.2, 0.25) is 0 Å². The molecule has 0 spiro atoms. The number of ether oxygens (including phenoxy) is 1. The molecule has 134 valence electrons. The molecule has 1 fully saturated rings. The van der Waals surface area contributed by atoms with Gasteiger partial charge in [0.1, 0.15) is 5.75 Å². The monoisotopic (exact) mass is 333 g/mol. The summed E-state index contributed by atoms with van der Waals surface area (Å²) in [7, 11) is 3.49. The summed E-state index contributed by atoms with van der Waals surface area (Å²) in [5.41, 5.74) is 1.20. The number of methoxy groups -OCH3 is 1. The van der Waals surface area contributed by atoms with E-state index in [0.717, 1.165) is 51.0 Å². The highest BCUT2D eigenvalue weighted by Crippen LogP contribution is 2.10. The third-order valence-electron chi connectivity index (χ3n) is 4.48. The van der Waals surface area contributed by atoms with E-state index >= 15 is 0 Å². The summed E-state index contributed by atoms with van der Waals surface area (Å²) < 4.78 is 5.18. The van der Waals surface area contributed by atoms with Crippen LogP contribution < -0.4 is 15.4 Å². The molecule has 0 amide bonds. The van der Waals surface area contributed by atoms with E-state index in [2.05, 4.69) is 44.5 Å². The maximum absolute atomic E-state index is 5.18. The van der Waals surface area contributed by atoms with Crippen molar-refractivity contribution in [1.82, 2.24) is 20.4 Å². The van der Waals surface area contributed by atoms with E-state index in [1.54, 1.807) is 7.11 Å². The lowest BCUT2D eigenvalue weighted by Crippen LogP contribution is -2.49. The third-order valence-corrected chi connectivity index (χ3v) is 4.48. The molecular weight excluding hydrogens is 302 g/mol. The highest BCUT2D eigenvalue weighted by atomic mass is 16.5. The molecule has 24 heavy (non-hydrogen) atoms. The third kappa shape index (κ3) is 6.02. The molecule has 0 bridgehead atoms. The van der Waals surface area contributed by atoms with Gasteiger partial charge in [-0.3, -0.25) is 9.89 Å². The maximum atomic E-state index is 5.18. The van der Waals surface area contributed by atoms with Gasteiger partial charge in [-0.25, -0.2) is 0 Å². The number of benzene rings is 1. The molecule has 1 heterocycles. The van der Waals surface area contributed by atoms with Crippen molar-refractivity contribution in [2.24, 2.45) is 4.99 Å². The van der Waals surface area contributed by atoms with Crippen molar-refractivity contribution in [3.05, 3.63) is 29.8 Å². The second-order valence-corrected chi connectivity index (χ2v) is 5.98. The van der Waals surface area contributed by atoms with Gasteiger partial charge in [0, 0.05) is 52.9 Å². The summed E-state index contributed by atoms with van der Waals surface area (Å²) in [6.07, 6.45) is 0. The zero-order valence-electron chi connectivity index (χ0n) is 15.2. The standard InChI is InChI=1S/C18H31N5O/c1-4-22-11-13-23(14-12-22)10-9-20-18(19-2)21-15-16-5-7-17(24-3)8-6-16/h5-8H,4,9-15H2,1-3H3,(H2,19,20,21). The first-order valence-corrected chi connectivity index (χ1v) is 8.77. The average Bonchev–Trinajstić information content (AvgIpc) is 2.65. The topological polar surface area (TPSA) is 52.1 Å². The lowest BCUT2D eigenvalue weighted by atomic mass is 10.2. The number of hydrogen-bond donors (Lipinski definition) is 2. The predicted octanol–water partition coefficient (Wildman–Crippen LogP) is 0.998. The highest BCUT2D eigenvalue weighted by molar-refractivity contribution is 5.79. The van der Waals surface area contributed by atoms with Crippen molar-refractivity contribution in [1.29, 1.82) is 0 Å². The molecule has 2 rings (SSSR count). The first kappa shape index (κ1) is 18.5. The summed E-state index contributed by atoms with van der Waals surface area (Å²) in [6, 6.07) is 8.07. The molecular formula is C18H31N5O. The van der Waals surface area contributed by atoms with Gasteiger partial charge in [0.15, 0.2) is 5.96 Å².